The topological polar surface area (TPSA) is 75.2 Å². The number of nitrogens with zero attached hydrogens (tertiary/aromatic N) is 3. The lowest BCUT2D eigenvalue weighted by molar-refractivity contribution is -0.140. The Bertz CT molecular complexity index is 806. The van der Waals surface area contributed by atoms with Gasteiger partial charge in [0.25, 0.3) is 0 Å². The van der Waals surface area contributed by atoms with Crippen LogP contribution in [0.2, 0.25) is 0 Å². The molecule has 0 spiro atoms. The molecule has 2 aromatic rings. The molecule has 0 saturated carbocycles. The number of nitrogens with two attached hydrogens (primary N) is 1. The molecule has 6 heteroatoms. The van der Waals surface area contributed by atoms with Gasteiger partial charge in [0.05, 0.1) is 11.4 Å². The Morgan fingerprint density at radius 1 is 1.45 bits per heavy atom. The average Bonchev–Trinajstić information content (AvgIpc) is 3.10. The monoisotopic (exact) mass is 298 g/mol. The van der Waals surface area contributed by atoms with Crippen LogP contribution in [-0.4, -0.2) is 26.4 Å². The summed E-state index contributed by atoms with van der Waals surface area (Å²) in [5.74, 6) is 0.751. The average molecular weight is 298 g/mol. The van der Waals surface area contributed by atoms with Crippen LogP contribution >= 0.6 is 0 Å². The third kappa shape index (κ3) is 1.77. The van der Waals surface area contributed by atoms with E-state index in [2.05, 4.69) is 21.1 Å². The molecule has 0 bridgehead atoms. The van der Waals surface area contributed by atoms with E-state index < -0.39 is 5.79 Å². The molecule has 0 unspecified atom stereocenters. The Hall–Kier alpha value is -2.34. The molecule has 4 rings (SSSR count). The minimum atomic E-state index is -0.621. The quantitative estimate of drug-likeness (QED) is 0.922. The van der Waals surface area contributed by atoms with E-state index in [0.29, 0.717) is 5.82 Å². The number of ether oxygens (including phenoxy) is 2. The highest BCUT2D eigenvalue weighted by Crippen LogP contribution is 2.47. The summed E-state index contributed by atoms with van der Waals surface area (Å²) < 4.78 is 14.1. The molecule has 2 N–H and O–H groups in total. The molecular weight excluding hydrogens is 280 g/mol. The van der Waals surface area contributed by atoms with Crippen LogP contribution in [0.3, 0.4) is 0 Å². The zero-order chi connectivity index (χ0) is 15.5. The van der Waals surface area contributed by atoms with Crippen LogP contribution in [0.4, 0.5) is 5.82 Å². The van der Waals surface area contributed by atoms with Crippen molar-refractivity contribution in [1.29, 1.82) is 0 Å². The SMILES string of the molecule is C=CC1=C2OC(C)(C)O[C@H]2[C@H](n2ccc3c(N)ncnc32)C1. The van der Waals surface area contributed by atoms with E-state index in [1.807, 2.05) is 32.2 Å². The molecule has 2 aromatic heterocycles. The van der Waals surface area contributed by atoms with E-state index >= 15 is 0 Å². The van der Waals surface area contributed by atoms with Crippen LogP contribution in [0, 0.1) is 0 Å². The van der Waals surface area contributed by atoms with Gasteiger partial charge in [-0.15, -0.1) is 0 Å². The number of rotatable bonds is 2. The summed E-state index contributed by atoms with van der Waals surface area (Å²) in [7, 11) is 0. The summed E-state index contributed by atoms with van der Waals surface area (Å²) in [6.07, 6.45) is 5.99. The van der Waals surface area contributed by atoms with Crippen LogP contribution in [0.15, 0.2) is 42.6 Å². The van der Waals surface area contributed by atoms with Gasteiger partial charge in [0.15, 0.2) is 0 Å². The lowest BCUT2D eigenvalue weighted by atomic mass is 10.1. The second-order valence-corrected chi connectivity index (χ2v) is 6.12. The molecule has 3 heterocycles. The Morgan fingerprint density at radius 3 is 3.05 bits per heavy atom. The van der Waals surface area contributed by atoms with Crippen molar-refractivity contribution in [2.45, 2.75) is 38.2 Å². The van der Waals surface area contributed by atoms with Crippen molar-refractivity contribution in [3.8, 4) is 0 Å². The number of nitrogen functional groups attached to an aromatic ring is 1. The van der Waals surface area contributed by atoms with E-state index in [4.69, 9.17) is 15.2 Å². The lowest BCUT2D eigenvalue weighted by Gasteiger charge is -2.22. The molecule has 1 aliphatic carbocycles. The smallest absolute Gasteiger partial charge is 0.205 e. The number of anilines is 1. The third-order valence-electron chi connectivity index (χ3n) is 4.26. The highest BCUT2D eigenvalue weighted by molar-refractivity contribution is 5.86. The van der Waals surface area contributed by atoms with Gasteiger partial charge in [-0.3, -0.25) is 0 Å². The number of hydrogen-bond donors (Lipinski definition) is 1. The van der Waals surface area contributed by atoms with Gasteiger partial charge in [-0.25, -0.2) is 9.97 Å². The van der Waals surface area contributed by atoms with Gasteiger partial charge in [-0.05, 0) is 18.1 Å². The molecule has 114 valence electrons. The molecule has 0 aromatic carbocycles. The molecule has 1 aliphatic heterocycles. The van der Waals surface area contributed by atoms with Crippen molar-refractivity contribution >= 4 is 16.9 Å². The standard InChI is InChI=1S/C16H18N4O2/c1-4-9-7-11(13-12(9)21-16(2,3)22-13)20-6-5-10-14(17)18-8-19-15(10)20/h4-6,8,11,13H,1,7H2,2-3H3,(H2,17,18,19)/t11-,13+/m1/s1. The number of fused-ring (bicyclic) bond motifs is 2. The van der Waals surface area contributed by atoms with Crippen LogP contribution in [0.1, 0.15) is 26.3 Å². The summed E-state index contributed by atoms with van der Waals surface area (Å²) in [5.41, 5.74) is 7.83. The summed E-state index contributed by atoms with van der Waals surface area (Å²) >= 11 is 0. The predicted octanol–water partition coefficient (Wildman–Crippen LogP) is 2.55. The summed E-state index contributed by atoms with van der Waals surface area (Å²) in [6.45, 7) is 7.74. The van der Waals surface area contributed by atoms with Crippen LogP contribution < -0.4 is 5.73 Å². The van der Waals surface area contributed by atoms with Gasteiger partial charge in [0.2, 0.25) is 5.79 Å². The zero-order valence-electron chi connectivity index (χ0n) is 12.6. The van der Waals surface area contributed by atoms with E-state index in [9.17, 15) is 0 Å². The molecule has 0 radical (unpaired) electrons. The maximum absolute atomic E-state index is 6.10. The van der Waals surface area contributed by atoms with E-state index in [-0.39, 0.29) is 12.1 Å². The van der Waals surface area contributed by atoms with Crippen molar-refractivity contribution in [2.75, 3.05) is 5.73 Å². The Morgan fingerprint density at radius 2 is 2.27 bits per heavy atom. The highest BCUT2D eigenvalue weighted by Gasteiger charge is 2.48. The molecule has 22 heavy (non-hydrogen) atoms. The largest absolute Gasteiger partial charge is 0.464 e. The molecule has 6 nitrogen and oxygen atoms in total. The van der Waals surface area contributed by atoms with Crippen molar-refractivity contribution in [3.63, 3.8) is 0 Å². The molecule has 1 fully saturated rings. The Balaban J connectivity index is 1.81. The minimum absolute atomic E-state index is 0.0802. The first-order valence-corrected chi connectivity index (χ1v) is 7.29. The third-order valence-corrected chi connectivity index (χ3v) is 4.26. The Kier molecular flexibility index (Phi) is 2.62. The van der Waals surface area contributed by atoms with Crippen LogP contribution in [0.25, 0.3) is 11.0 Å². The van der Waals surface area contributed by atoms with Crippen LogP contribution in [-0.2, 0) is 9.47 Å². The molecule has 2 aliphatic rings. The number of allylic oxidation sites excluding steroid dienone is 2. The molecule has 0 amide bonds. The van der Waals surface area contributed by atoms with Gasteiger partial charge in [0, 0.05) is 20.0 Å². The van der Waals surface area contributed by atoms with Gasteiger partial charge >= 0.3 is 0 Å². The summed E-state index contributed by atoms with van der Waals surface area (Å²) in [4.78, 5) is 8.42. The first-order chi connectivity index (χ1) is 10.5. The molecular formula is C16H18N4O2. The maximum atomic E-state index is 6.10. The predicted molar refractivity (Wildman–Crippen MR) is 82.9 cm³/mol. The fraction of sp³-hybridized carbons (Fsp3) is 0.375. The Labute approximate surface area is 128 Å². The van der Waals surface area contributed by atoms with E-state index in [1.165, 1.54) is 6.33 Å². The second-order valence-electron chi connectivity index (χ2n) is 6.12. The number of aromatic nitrogens is 3. The highest BCUT2D eigenvalue weighted by atomic mass is 16.7. The van der Waals surface area contributed by atoms with Crippen molar-refractivity contribution in [3.05, 3.63) is 42.6 Å². The first kappa shape index (κ1) is 13.3. The van der Waals surface area contributed by atoms with Gasteiger partial charge < -0.3 is 19.8 Å². The number of hydrogen-bond acceptors (Lipinski definition) is 5. The zero-order valence-corrected chi connectivity index (χ0v) is 12.6. The van der Waals surface area contributed by atoms with Gasteiger partial charge in [-0.1, -0.05) is 12.7 Å². The van der Waals surface area contributed by atoms with Gasteiger partial charge in [-0.2, -0.15) is 0 Å². The fourth-order valence-electron chi connectivity index (χ4n) is 3.33. The summed E-state index contributed by atoms with van der Waals surface area (Å²) in [6, 6.07) is 2.02. The van der Waals surface area contributed by atoms with Crippen molar-refractivity contribution < 1.29 is 9.47 Å². The second kappa shape index (κ2) is 4.33. The van der Waals surface area contributed by atoms with Crippen LogP contribution in [0.5, 0.6) is 0 Å². The normalized spacial score (nSPS) is 26.3. The molecule has 1 saturated heterocycles. The van der Waals surface area contributed by atoms with E-state index in [1.54, 1.807) is 0 Å². The molecule has 2 atom stereocenters. The fourth-order valence-corrected chi connectivity index (χ4v) is 3.33. The van der Waals surface area contributed by atoms with Crippen molar-refractivity contribution in [2.24, 2.45) is 0 Å². The van der Waals surface area contributed by atoms with Gasteiger partial charge in [0.1, 0.15) is 29.7 Å². The first-order valence-electron chi connectivity index (χ1n) is 7.29. The minimum Gasteiger partial charge on any atom is -0.464 e. The van der Waals surface area contributed by atoms with Crippen molar-refractivity contribution in [1.82, 2.24) is 14.5 Å². The summed E-state index contributed by atoms with van der Waals surface area (Å²) in [5, 5.41) is 0.856. The van der Waals surface area contributed by atoms with E-state index in [0.717, 1.165) is 28.8 Å². The maximum Gasteiger partial charge on any atom is 0.205 e. The lowest BCUT2D eigenvalue weighted by Crippen LogP contribution is -2.26.